The van der Waals surface area contributed by atoms with Crippen LogP contribution in [0.4, 0.5) is 11.4 Å². The highest BCUT2D eigenvalue weighted by Crippen LogP contribution is 2.35. The van der Waals surface area contributed by atoms with Gasteiger partial charge in [0.2, 0.25) is 0 Å². The number of phenolic OH excluding ortho intramolecular Hbond substituents is 1. The molecule has 6 nitrogen and oxygen atoms in total. The van der Waals surface area contributed by atoms with E-state index in [4.69, 9.17) is 0 Å². The van der Waals surface area contributed by atoms with Crippen LogP contribution in [-0.2, 0) is 6.54 Å². The maximum atomic E-state index is 12.7. The lowest BCUT2D eigenvalue weighted by molar-refractivity contribution is 0.389. The van der Waals surface area contributed by atoms with E-state index in [1.54, 1.807) is 16.1 Å². The fraction of sp³-hybridized carbons (Fsp3) is 0.227. The van der Waals surface area contributed by atoms with Crippen molar-refractivity contribution in [1.82, 2.24) is 8.86 Å². The van der Waals surface area contributed by atoms with Gasteiger partial charge in [-0.1, -0.05) is 41.9 Å². The number of aryl methyl sites for hydroxylation is 1. The Morgan fingerprint density at radius 2 is 1.86 bits per heavy atom. The monoisotopic (exact) mass is 406 g/mol. The summed E-state index contributed by atoms with van der Waals surface area (Å²) in [6.45, 7) is 1.65. The van der Waals surface area contributed by atoms with Crippen LogP contribution in [0, 0.1) is 0 Å². The zero-order valence-corrected chi connectivity index (χ0v) is 17.2. The minimum absolute atomic E-state index is 0.00867. The van der Waals surface area contributed by atoms with E-state index < -0.39 is 0 Å². The molecule has 0 saturated heterocycles. The summed E-state index contributed by atoms with van der Waals surface area (Å²) >= 11 is 1.48. The van der Waals surface area contributed by atoms with E-state index in [0.29, 0.717) is 23.3 Å². The fourth-order valence-electron chi connectivity index (χ4n) is 3.24. The van der Waals surface area contributed by atoms with Gasteiger partial charge in [0, 0.05) is 11.9 Å². The summed E-state index contributed by atoms with van der Waals surface area (Å²) < 4.78 is 2.73. The van der Waals surface area contributed by atoms with Crippen molar-refractivity contribution in [2.24, 2.45) is 10.2 Å². The van der Waals surface area contributed by atoms with Gasteiger partial charge in [-0.05, 0) is 56.7 Å². The molecule has 0 atom stereocenters. The van der Waals surface area contributed by atoms with Gasteiger partial charge in [0.15, 0.2) is 5.75 Å². The van der Waals surface area contributed by atoms with E-state index in [1.807, 2.05) is 56.6 Å². The summed E-state index contributed by atoms with van der Waals surface area (Å²) in [4.78, 5) is 14.8. The summed E-state index contributed by atoms with van der Waals surface area (Å²) in [7, 11) is 4.05. The number of aromatic nitrogens is 1. The normalized spacial score (nSPS) is 12.0. The summed E-state index contributed by atoms with van der Waals surface area (Å²) in [5.74, 6) is 0.103. The SMILES string of the molecule is CN(C)CCCn1sc2ccc(N=Nc3ccc4ccccc4c3O)cc2c1=O. The predicted octanol–water partition coefficient (Wildman–Crippen LogP) is 5.29. The molecule has 0 saturated carbocycles. The molecule has 4 aromatic rings. The van der Waals surface area contributed by atoms with E-state index in [9.17, 15) is 9.90 Å². The highest BCUT2D eigenvalue weighted by Gasteiger charge is 2.09. The Balaban J connectivity index is 1.61. The first kappa shape index (κ1) is 19.3. The van der Waals surface area contributed by atoms with Crippen molar-refractivity contribution in [3.05, 3.63) is 65.0 Å². The van der Waals surface area contributed by atoms with Crippen LogP contribution in [-0.4, -0.2) is 34.6 Å². The highest BCUT2D eigenvalue weighted by atomic mass is 32.1. The predicted molar refractivity (Wildman–Crippen MR) is 119 cm³/mol. The summed E-state index contributed by atoms with van der Waals surface area (Å²) in [5, 5.41) is 21.2. The first-order chi connectivity index (χ1) is 14.0. The summed E-state index contributed by atoms with van der Waals surface area (Å²) in [6.07, 6.45) is 0.924. The fourth-order valence-corrected chi connectivity index (χ4v) is 4.25. The number of phenols is 1. The van der Waals surface area contributed by atoms with Crippen LogP contribution in [0.2, 0.25) is 0 Å². The molecule has 0 aliphatic carbocycles. The molecular formula is C22H22N4O2S. The maximum absolute atomic E-state index is 12.7. The van der Waals surface area contributed by atoms with Crippen molar-refractivity contribution in [3.8, 4) is 5.75 Å². The summed E-state index contributed by atoms with van der Waals surface area (Å²) in [6, 6.07) is 16.7. The minimum Gasteiger partial charge on any atom is -0.505 e. The van der Waals surface area contributed by atoms with Crippen LogP contribution in [0.15, 0.2) is 69.6 Å². The smallest absolute Gasteiger partial charge is 0.268 e. The van der Waals surface area contributed by atoms with Crippen molar-refractivity contribution in [1.29, 1.82) is 0 Å². The van der Waals surface area contributed by atoms with E-state index in [-0.39, 0.29) is 11.3 Å². The zero-order chi connectivity index (χ0) is 20.4. The van der Waals surface area contributed by atoms with Gasteiger partial charge in [0.1, 0.15) is 5.69 Å². The largest absolute Gasteiger partial charge is 0.505 e. The van der Waals surface area contributed by atoms with Crippen LogP contribution in [0.25, 0.3) is 20.9 Å². The van der Waals surface area contributed by atoms with Gasteiger partial charge in [-0.2, -0.15) is 5.11 Å². The van der Waals surface area contributed by atoms with Crippen LogP contribution in [0.5, 0.6) is 5.75 Å². The minimum atomic E-state index is 0.00867. The molecule has 0 unspecified atom stereocenters. The molecule has 0 amide bonds. The van der Waals surface area contributed by atoms with E-state index >= 15 is 0 Å². The third kappa shape index (κ3) is 4.06. The Labute approximate surface area is 172 Å². The Bertz CT molecular complexity index is 1260. The first-order valence-electron chi connectivity index (χ1n) is 9.44. The number of azo groups is 1. The molecule has 4 rings (SSSR count). The number of benzene rings is 3. The molecular weight excluding hydrogens is 384 g/mol. The Morgan fingerprint density at radius 3 is 2.69 bits per heavy atom. The molecule has 0 bridgehead atoms. The quantitative estimate of drug-likeness (QED) is 0.442. The molecule has 0 fully saturated rings. The van der Waals surface area contributed by atoms with E-state index in [0.717, 1.165) is 28.4 Å². The Hall–Kier alpha value is -3.03. The Kier molecular flexibility index (Phi) is 5.42. The number of fused-ring (bicyclic) bond motifs is 2. The lowest BCUT2D eigenvalue weighted by atomic mass is 10.1. The van der Waals surface area contributed by atoms with Gasteiger partial charge in [0.25, 0.3) is 5.56 Å². The van der Waals surface area contributed by atoms with Crippen LogP contribution >= 0.6 is 11.5 Å². The molecule has 1 aromatic heterocycles. The average Bonchev–Trinajstić information content (AvgIpc) is 3.03. The summed E-state index contributed by atoms with van der Waals surface area (Å²) in [5.41, 5.74) is 0.991. The van der Waals surface area contributed by atoms with Gasteiger partial charge in [0.05, 0.1) is 15.8 Å². The third-order valence-corrected chi connectivity index (χ3v) is 5.87. The van der Waals surface area contributed by atoms with Gasteiger partial charge in [-0.25, -0.2) is 0 Å². The molecule has 29 heavy (non-hydrogen) atoms. The lowest BCUT2D eigenvalue weighted by Crippen LogP contribution is -2.18. The van der Waals surface area contributed by atoms with E-state index in [1.165, 1.54) is 11.5 Å². The van der Waals surface area contributed by atoms with Crippen molar-refractivity contribution in [2.45, 2.75) is 13.0 Å². The molecule has 7 heteroatoms. The van der Waals surface area contributed by atoms with Crippen LogP contribution < -0.4 is 5.56 Å². The standard InChI is InChI=1S/C22H22N4O2S/c1-25(2)12-5-13-26-22(28)18-14-16(9-11-20(18)29-26)23-24-19-10-8-15-6-3-4-7-17(15)21(19)27/h3-4,6-11,14,27H,5,12-13H2,1-2H3. The molecule has 0 spiro atoms. The first-order valence-corrected chi connectivity index (χ1v) is 10.2. The van der Waals surface area contributed by atoms with Crippen molar-refractivity contribution < 1.29 is 5.11 Å². The van der Waals surface area contributed by atoms with Gasteiger partial charge in [-0.15, -0.1) is 5.11 Å². The second-order valence-electron chi connectivity index (χ2n) is 7.19. The molecule has 0 aliphatic rings. The number of rotatable bonds is 6. The molecule has 3 aromatic carbocycles. The topological polar surface area (TPSA) is 70.2 Å². The molecule has 148 valence electrons. The van der Waals surface area contributed by atoms with Crippen molar-refractivity contribution in [2.75, 3.05) is 20.6 Å². The number of hydrogen-bond acceptors (Lipinski definition) is 6. The molecule has 1 N–H and O–H groups in total. The van der Waals surface area contributed by atoms with Crippen molar-refractivity contribution >= 4 is 43.8 Å². The second kappa shape index (κ2) is 8.14. The van der Waals surface area contributed by atoms with Gasteiger partial charge < -0.3 is 10.0 Å². The second-order valence-corrected chi connectivity index (χ2v) is 8.25. The third-order valence-electron chi connectivity index (χ3n) is 4.75. The average molecular weight is 407 g/mol. The van der Waals surface area contributed by atoms with E-state index in [2.05, 4.69) is 15.1 Å². The Morgan fingerprint density at radius 1 is 1.03 bits per heavy atom. The van der Waals surface area contributed by atoms with Crippen LogP contribution in [0.1, 0.15) is 6.42 Å². The number of nitrogens with zero attached hydrogens (tertiary/aromatic N) is 4. The van der Waals surface area contributed by atoms with Crippen LogP contribution in [0.3, 0.4) is 0 Å². The van der Waals surface area contributed by atoms with Gasteiger partial charge in [-0.3, -0.25) is 8.75 Å². The molecule has 0 radical (unpaired) electrons. The maximum Gasteiger partial charge on any atom is 0.268 e. The number of hydrogen-bond donors (Lipinski definition) is 1. The lowest BCUT2D eigenvalue weighted by Gasteiger charge is -2.08. The van der Waals surface area contributed by atoms with Gasteiger partial charge >= 0.3 is 0 Å². The number of aromatic hydroxyl groups is 1. The zero-order valence-electron chi connectivity index (χ0n) is 16.4. The molecule has 1 heterocycles. The molecule has 0 aliphatic heterocycles. The highest BCUT2D eigenvalue weighted by molar-refractivity contribution is 7.13. The van der Waals surface area contributed by atoms with Crippen molar-refractivity contribution in [3.63, 3.8) is 0 Å².